The molecule has 0 aromatic carbocycles. The van der Waals surface area contributed by atoms with Gasteiger partial charge in [0.25, 0.3) is 6.43 Å². The average molecular weight is 238 g/mol. The number of ether oxygens (including phenoxy) is 1. The van der Waals surface area contributed by atoms with E-state index >= 15 is 0 Å². The Kier molecular flexibility index (Phi) is 5.20. The van der Waals surface area contributed by atoms with Crippen LogP contribution in [-0.2, 0) is 4.74 Å². The Morgan fingerprint density at radius 2 is 2.33 bits per heavy atom. The van der Waals surface area contributed by atoms with Crippen LogP contribution in [0.3, 0.4) is 0 Å². The molecule has 4 nitrogen and oxygen atoms in total. The van der Waals surface area contributed by atoms with Crippen LogP contribution in [0.5, 0.6) is 0 Å². The molecule has 0 spiro atoms. The number of alkyl halides is 2. The van der Waals surface area contributed by atoms with Crippen LogP contribution in [0.15, 0.2) is 12.3 Å². The number of rotatable bonds is 6. The SMILES string of the molecule is FC(F)COCCNc1ccnc(Cl)n1. The zero-order valence-electron chi connectivity index (χ0n) is 7.79. The van der Waals surface area contributed by atoms with Crippen LogP contribution in [0, 0.1) is 0 Å². The van der Waals surface area contributed by atoms with Gasteiger partial charge in [-0.15, -0.1) is 0 Å². The number of hydrogen-bond donors (Lipinski definition) is 1. The molecule has 0 unspecified atom stereocenters. The van der Waals surface area contributed by atoms with Crippen molar-refractivity contribution >= 4 is 17.4 Å². The highest BCUT2D eigenvalue weighted by atomic mass is 35.5. The normalized spacial score (nSPS) is 10.7. The first-order valence-corrected chi connectivity index (χ1v) is 4.64. The van der Waals surface area contributed by atoms with Gasteiger partial charge in [-0.1, -0.05) is 0 Å². The van der Waals surface area contributed by atoms with Crippen molar-refractivity contribution < 1.29 is 13.5 Å². The molecule has 1 aromatic heterocycles. The fourth-order valence-electron chi connectivity index (χ4n) is 0.857. The van der Waals surface area contributed by atoms with E-state index in [1.54, 1.807) is 6.07 Å². The third-order valence-corrected chi connectivity index (χ3v) is 1.60. The van der Waals surface area contributed by atoms with Gasteiger partial charge in [-0.25, -0.2) is 18.7 Å². The molecule has 0 atom stereocenters. The fourth-order valence-corrected chi connectivity index (χ4v) is 1.00. The molecule has 15 heavy (non-hydrogen) atoms. The monoisotopic (exact) mass is 237 g/mol. The van der Waals surface area contributed by atoms with Crippen LogP contribution in [0.25, 0.3) is 0 Å². The molecule has 0 saturated carbocycles. The number of hydrogen-bond acceptors (Lipinski definition) is 4. The molecule has 84 valence electrons. The Morgan fingerprint density at radius 3 is 3.00 bits per heavy atom. The van der Waals surface area contributed by atoms with Crippen LogP contribution < -0.4 is 5.32 Å². The summed E-state index contributed by atoms with van der Waals surface area (Å²) in [6.45, 7) is 0.0260. The number of halogens is 3. The van der Waals surface area contributed by atoms with Crippen molar-refractivity contribution in [1.29, 1.82) is 0 Å². The maximum absolute atomic E-state index is 11.7. The van der Waals surface area contributed by atoms with E-state index in [1.165, 1.54) is 6.20 Å². The molecule has 1 heterocycles. The summed E-state index contributed by atoms with van der Waals surface area (Å²) < 4.78 is 28.0. The summed E-state index contributed by atoms with van der Waals surface area (Å²) >= 11 is 5.53. The molecule has 0 aliphatic heterocycles. The summed E-state index contributed by atoms with van der Waals surface area (Å²) in [5.41, 5.74) is 0. The topological polar surface area (TPSA) is 47.0 Å². The minimum absolute atomic E-state index is 0.133. The molecule has 0 aliphatic rings. The zero-order chi connectivity index (χ0) is 11.1. The minimum atomic E-state index is -2.43. The predicted octanol–water partition coefficient (Wildman–Crippen LogP) is 1.82. The maximum atomic E-state index is 11.7. The van der Waals surface area contributed by atoms with Gasteiger partial charge in [0, 0.05) is 12.7 Å². The van der Waals surface area contributed by atoms with E-state index in [9.17, 15) is 8.78 Å². The van der Waals surface area contributed by atoms with Crippen molar-refractivity contribution in [2.24, 2.45) is 0 Å². The Bertz CT molecular complexity index is 301. The Hall–Kier alpha value is -1.01. The molecule has 0 amide bonds. The van der Waals surface area contributed by atoms with Crippen molar-refractivity contribution in [1.82, 2.24) is 9.97 Å². The smallest absolute Gasteiger partial charge is 0.261 e. The summed E-state index contributed by atoms with van der Waals surface area (Å²) in [6.07, 6.45) is -0.934. The van der Waals surface area contributed by atoms with Crippen LogP contribution in [-0.4, -0.2) is 36.2 Å². The second kappa shape index (κ2) is 6.47. The number of anilines is 1. The first-order chi connectivity index (χ1) is 7.18. The Morgan fingerprint density at radius 1 is 1.53 bits per heavy atom. The van der Waals surface area contributed by atoms with Crippen LogP contribution in [0.4, 0.5) is 14.6 Å². The number of aromatic nitrogens is 2. The quantitative estimate of drug-likeness (QED) is 0.606. The molecule has 0 fully saturated rings. The molecule has 7 heteroatoms. The molecule has 1 N–H and O–H groups in total. The zero-order valence-corrected chi connectivity index (χ0v) is 8.55. The van der Waals surface area contributed by atoms with Gasteiger partial charge in [0.15, 0.2) is 0 Å². The largest absolute Gasteiger partial charge is 0.374 e. The third-order valence-electron chi connectivity index (χ3n) is 1.42. The number of nitrogens with zero attached hydrogens (tertiary/aromatic N) is 2. The van der Waals surface area contributed by atoms with E-state index in [4.69, 9.17) is 11.6 Å². The summed E-state index contributed by atoms with van der Waals surface area (Å²) in [5.74, 6) is 0.538. The summed E-state index contributed by atoms with van der Waals surface area (Å²) in [4.78, 5) is 7.54. The van der Waals surface area contributed by atoms with Crippen molar-refractivity contribution in [2.45, 2.75) is 6.43 Å². The standard InChI is InChI=1S/C8H10ClF2N3O/c9-8-13-2-1-7(14-8)12-3-4-15-5-6(10)11/h1-2,6H,3-5H2,(H,12,13,14). The van der Waals surface area contributed by atoms with Crippen molar-refractivity contribution in [3.05, 3.63) is 17.5 Å². The first-order valence-electron chi connectivity index (χ1n) is 4.27. The van der Waals surface area contributed by atoms with E-state index < -0.39 is 13.0 Å². The van der Waals surface area contributed by atoms with E-state index in [-0.39, 0.29) is 11.9 Å². The molecule has 0 aliphatic carbocycles. The fraction of sp³-hybridized carbons (Fsp3) is 0.500. The van der Waals surface area contributed by atoms with E-state index in [2.05, 4.69) is 20.0 Å². The van der Waals surface area contributed by atoms with Gasteiger partial charge >= 0.3 is 0 Å². The Balaban J connectivity index is 2.15. The van der Waals surface area contributed by atoms with Crippen molar-refractivity contribution in [3.8, 4) is 0 Å². The predicted molar refractivity (Wildman–Crippen MR) is 52.4 cm³/mol. The van der Waals surface area contributed by atoms with E-state index in [0.29, 0.717) is 12.4 Å². The van der Waals surface area contributed by atoms with Gasteiger partial charge < -0.3 is 10.1 Å². The highest BCUT2D eigenvalue weighted by molar-refractivity contribution is 6.28. The van der Waals surface area contributed by atoms with Crippen LogP contribution in [0.1, 0.15) is 0 Å². The van der Waals surface area contributed by atoms with Crippen LogP contribution in [0.2, 0.25) is 5.28 Å². The molecule has 0 saturated heterocycles. The van der Waals surface area contributed by atoms with Gasteiger partial charge in [-0.2, -0.15) is 0 Å². The second-order valence-electron chi connectivity index (χ2n) is 2.60. The number of nitrogens with one attached hydrogen (secondary N) is 1. The van der Waals surface area contributed by atoms with Crippen molar-refractivity contribution in [3.63, 3.8) is 0 Å². The third kappa shape index (κ3) is 5.44. The summed E-state index contributed by atoms with van der Waals surface area (Å²) in [5, 5.41) is 2.99. The molecule has 1 aromatic rings. The van der Waals surface area contributed by atoms with Crippen LogP contribution >= 0.6 is 11.6 Å². The van der Waals surface area contributed by atoms with Gasteiger partial charge in [-0.05, 0) is 17.7 Å². The lowest BCUT2D eigenvalue weighted by atomic mass is 10.5. The highest BCUT2D eigenvalue weighted by Crippen LogP contribution is 2.04. The molecule has 1 rings (SSSR count). The second-order valence-corrected chi connectivity index (χ2v) is 2.94. The molecule has 0 bridgehead atoms. The lowest BCUT2D eigenvalue weighted by Gasteiger charge is -2.05. The van der Waals surface area contributed by atoms with Gasteiger partial charge in [0.05, 0.1) is 6.61 Å². The van der Waals surface area contributed by atoms with E-state index in [0.717, 1.165) is 0 Å². The summed E-state index contributed by atoms with van der Waals surface area (Å²) in [6, 6.07) is 1.62. The molecular formula is C8H10ClF2N3O. The lowest BCUT2D eigenvalue weighted by molar-refractivity contribution is 0.0215. The van der Waals surface area contributed by atoms with Gasteiger partial charge in [0.1, 0.15) is 12.4 Å². The molecule has 0 radical (unpaired) electrons. The maximum Gasteiger partial charge on any atom is 0.261 e. The van der Waals surface area contributed by atoms with Gasteiger partial charge in [-0.3, -0.25) is 0 Å². The van der Waals surface area contributed by atoms with Gasteiger partial charge in [0.2, 0.25) is 5.28 Å². The Labute approximate surface area is 90.6 Å². The van der Waals surface area contributed by atoms with Crippen molar-refractivity contribution in [2.75, 3.05) is 25.1 Å². The van der Waals surface area contributed by atoms with E-state index in [1.807, 2.05) is 0 Å². The molecular weight excluding hydrogens is 228 g/mol. The minimum Gasteiger partial charge on any atom is -0.374 e. The lowest BCUT2D eigenvalue weighted by Crippen LogP contribution is -2.13. The first kappa shape index (κ1) is 12.1. The highest BCUT2D eigenvalue weighted by Gasteiger charge is 2.01. The summed E-state index contributed by atoms with van der Waals surface area (Å²) in [7, 11) is 0. The average Bonchev–Trinajstić information content (AvgIpc) is 2.17.